The van der Waals surface area contributed by atoms with Gasteiger partial charge >= 0.3 is 5.97 Å². The van der Waals surface area contributed by atoms with E-state index in [0.717, 1.165) is 19.3 Å². The lowest BCUT2D eigenvalue weighted by Crippen LogP contribution is -2.69. The second-order valence-corrected chi connectivity index (χ2v) is 17.7. The topological polar surface area (TPSA) is 197 Å². The second-order valence-electron chi connectivity index (χ2n) is 17.7. The number of allylic oxidation sites excluding steroid dienone is 2. The molecule has 0 amide bonds. The number of aliphatic hydroxyl groups is 8. The third-order valence-corrected chi connectivity index (χ3v) is 15.3. The normalized spacial score (nSPS) is 51.8. The van der Waals surface area contributed by atoms with Crippen molar-refractivity contribution in [3.8, 4) is 0 Å². The summed E-state index contributed by atoms with van der Waals surface area (Å²) in [5, 5.41) is 84.4. The van der Waals surface area contributed by atoms with Crippen LogP contribution >= 0.6 is 0 Å². The van der Waals surface area contributed by atoms with Gasteiger partial charge in [0.1, 0.15) is 24.4 Å². The number of carbonyl (C=O) groups excluding carboxylic acids is 1. The van der Waals surface area contributed by atoms with Gasteiger partial charge in [0, 0.05) is 5.41 Å². The molecule has 6 aliphatic rings. The van der Waals surface area contributed by atoms with E-state index in [1.165, 1.54) is 5.57 Å². The van der Waals surface area contributed by atoms with Crippen LogP contribution in [0, 0.1) is 50.2 Å². The van der Waals surface area contributed by atoms with Gasteiger partial charge in [-0.3, -0.25) is 4.79 Å². The van der Waals surface area contributed by atoms with Crippen LogP contribution in [0.4, 0.5) is 0 Å². The Hall–Kier alpha value is -1.15. The molecular formula is C36H58O11. The molecule has 0 radical (unpaired) electrons. The quantitative estimate of drug-likeness (QED) is 0.156. The summed E-state index contributed by atoms with van der Waals surface area (Å²) in [6, 6.07) is 0. The minimum absolute atomic E-state index is 0.0382. The highest BCUT2D eigenvalue weighted by molar-refractivity contribution is 5.79. The first kappa shape index (κ1) is 35.7. The Kier molecular flexibility index (Phi) is 8.88. The van der Waals surface area contributed by atoms with Gasteiger partial charge in [-0.15, -0.1) is 0 Å². The molecule has 5 aliphatic carbocycles. The fourth-order valence-electron chi connectivity index (χ4n) is 12.2. The number of esters is 1. The number of aliphatic hydroxyl groups excluding tert-OH is 8. The minimum atomic E-state index is -1.67. The molecule has 5 fully saturated rings. The Morgan fingerprint density at radius 2 is 1.51 bits per heavy atom. The Labute approximate surface area is 278 Å². The average Bonchev–Trinajstić information content (AvgIpc) is 3.02. The zero-order chi connectivity index (χ0) is 34.5. The molecule has 0 spiro atoms. The van der Waals surface area contributed by atoms with Gasteiger partial charge in [-0.05, 0) is 97.2 Å². The van der Waals surface area contributed by atoms with Crippen molar-refractivity contribution < 1.29 is 55.1 Å². The number of hydrogen-bond acceptors (Lipinski definition) is 11. The summed E-state index contributed by atoms with van der Waals surface area (Å²) < 4.78 is 11.5. The van der Waals surface area contributed by atoms with Crippen LogP contribution in [0.15, 0.2) is 11.6 Å². The first-order valence-corrected chi connectivity index (χ1v) is 17.7. The average molecular weight is 667 g/mol. The number of carbonyl (C=O) groups is 1. The van der Waals surface area contributed by atoms with E-state index in [9.17, 15) is 45.6 Å². The Bertz CT molecular complexity index is 1250. The summed E-state index contributed by atoms with van der Waals surface area (Å²) in [5.41, 5.74) is -1.84. The molecule has 4 saturated carbocycles. The highest BCUT2D eigenvalue weighted by Gasteiger charge is 2.71. The molecule has 0 aromatic rings. The lowest BCUT2D eigenvalue weighted by atomic mass is 9.33. The maximum absolute atomic E-state index is 14.4. The van der Waals surface area contributed by atoms with Crippen molar-refractivity contribution in [1.29, 1.82) is 0 Å². The van der Waals surface area contributed by atoms with Crippen LogP contribution in [0.3, 0.4) is 0 Å². The molecule has 11 nitrogen and oxygen atoms in total. The van der Waals surface area contributed by atoms with Gasteiger partial charge in [-0.25, -0.2) is 0 Å². The molecule has 0 unspecified atom stereocenters. The number of rotatable bonds is 5. The Morgan fingerprint density at radius 1 is 0.851 bits per heavy atom. The largest absolute Gasteiger partial charge is 0.432 e. The van der Waals surface area contributed by atoms with E-state index in [-0.39, 0.29) is 34.0 Å². The van der Waals surface area contributed by atoms with Gasteiger partial charge in [-0.1, -0.05) is 46.3 Å². The molecule has 47 heavy (non-hydrogen) atoms. The molecule has 1 heterocycles. The maximum Gasteiger partial charge on any atom is 0.315 e. The summed E-state index contributed by atoms with van der Waals surface area (Å²) in [7, 11) is 0. The Balaban J connectivity index is 1.37. The van der Waals surface area contributed by atoms with E-state index >= 15 is 0 Å². The van der Waals surface area contributed by atoms with Crippen LogP contribution < -0.4 is 0 Å². The zero-order valence-corrected chi connectivity index (χ0v) is 28.6. The first-order chi connectivity index (χ1) is 21.9. The van der Waals surface area contributed by atoms with Gasteiger partial charge in [0.05, 0.1) is 37.4 Å². The van der Waals surface area contributed by atoms with Crippen molar-refractivity contribution in [3.05, 3.63) is 11.6 Å². The van der Waals surface area contributed by atoms with Crippen molar-refractivity contribution in [2.75, 3.05) is 19.8 Å². The van der Waals surface area contributed by atoms with E-state index in [2.05, 4.69) is 40.7 Å². The third kappa shape index (κ3) is 4.81. The van der Waals surface area contributed by atoms with Crippen LogP contribution in [0.2, 0.25) is 0 Å². The lowest BCUT2D eigenvalue weighted by Gasteiger charge is -2.71. The first-order valence-electron chi connectivity index (χ1n) is 17.7. The molecule has 1 saturated heterocycles. The van der Waals surface area contributed by atoms with Gasteiger partial charge in [0.25, 0.3) is 0 Å². The van der Waals surface area contributed by atoms with Crippen molar-refractivity contribution in [2.45, 2.75) is 135 Å². The van der Waals surface area contributed by atoms with Gasteiger partial charge in [-0.2, -0.15) is 0 Å². The molecule has 6 rings (SSSR count). The van der Waals surface area contributed by atoms with E-state index in [4.69, 9.17) is 9.47 Å². The smallest absolute Gasteiger partial charge is 0.315 e. The highest BCUT2D eigenvalue weighted by Crippen LogP contribution is 2.76. The van der Waals surface area contributed by atoms with Crippen molar-refractivity contribution >= 4 is 5.97 Å². The lowest BCUT2D eigenvalue weighted by molar-refractivity contribution is -0.297. The van der Waals surface area contributed by atoms with E-state index in [0.29, 0.717) is 38.5 Å². The molecule has 14 atom stereocenters. The van der Waals surface area contributed by atoms with Crippen LogP contribution in [0.1, 0.15) is 92.4 Å². The SMILES string of the molecule is CC1(C)CC[C@]2(C(=O)O[C@@H]3O[C@H](CO)[C@@H](O)[C@H](O)[C@H]3O)CC[C@]3(C)C(=CC[C@@H]4[C@@]5(C)C[C@@H](O)[C@H](O)C(CO)(CO)[C@@H]5CC[C@]43C)[C@H]2C1. The van der Waals surface area contributed by atoms with Crippen molar-refractivity contribution in [1.82, 2.24) is 0 Å². The Morgan fingerprint density at radius 3 is 2.15 bits per heavy atom. The summed E-state index contributed by atoms with van der Waals surface area (Å²) in [6.07, 6.45) is -1.49. The number of ether oxygens (including phenoxy) is 2. The molecule has 8 N–H and O–H groups in total. The summed E-state index contributed by atoms with van der Waals surface area (Å²) in [4.78, 5) is 14.4. The number of hydrogen-bond donors (Lipinski definition) is 8. The van der Waals surface area contributed by atoms with Crippen LogP contribution in [0.25, 0.3) is 0 Å². The van der Waals surface area contributed by atoms with Gasteiger partial charge in [0.2, 0.25) is 6.29 Å². The van der Waals surface area contributed by atoms with Crippen LogP contribution in [0.5, 0.6) is 0 Å². The molecule has 0 aromatic heterocycles. The van der Waals surface area contributed by atoms with Crippen molar-refractivity contribution in [2.24, 2.45) is 50.2 Å². The number of fused-ring (bicyclic) bond motifs is 7. The second kappa shape index (κ2) is 11.7. The third-order valence-electron chi connectivity index (χ3n) is 15.3. The predicted octanol–water partition coefficient (Wildman–Crippen LogP) is 1.41. The summed E-state index contributed by atoms with van der Waals surface area (Å²) in [5.74, 6) is -0.705. The zero-order valence-electron chi connectivity index (χ0n) is 28.6. The van der Waals surface area contributed by atoms with Gasteiger partial charge in [0.15, 0.2) is 0 Å². The van der Waals surface area contributed by atoms with E-state index in [1.54, 1.807) is 0 Å². The maximum atomic E-state index is 14.4. The molecule has 11 heteroatoms. The fourth-order valence-corrected chi connectivity index (χ4v) is 12.2. The molecule has 268 valence electrons. The van der Waals surface area contributed by atoms with Crippen LogP contribution in [-0.2, 0) is 14.3 Å². The van der Waals surface area contributed by atoms with Gasteiger partial charge < -0.3 is 50.3 Å². The molecular weight excluding hydrogens is 608 g/mol. The molecule has 1 aliphatic heterocycles. The standard InChI is InChI=1S/C36H58O11/c1-31(2)10-12-35(30(45)47-29-27(43)26(42)25(41)22(16-37)46-29)13-11-33(4)19(20(35)14-31)6-7-23-32(3)15-21(40)28(44)36(17-38,18-39)24(32)8-9-34(23,33)5/h6,20-29,37-44H,7-18H2,1-5H3/t20-,21-,22-,23-,24-,25-,26+,27-,28+,29+,32-,33-,34-,35+/m1/s1. The summed E-state index contributed by atoms with van der Waals surface area (Å²) in [6.45, 7) is 9.87. The van der Waals surface area contributed by atoms with E-state index in [1.807, 2.05) is 0 Å². The van der Waals surface area contributed by atoms with Crippen molar-refractivity contribution in [3.63, 3.8) is 0 Å². The fraction of sp³-hybridized carbons (Fsp3) is 0.917. The molecule has 0 aromatic carbocycles. The summed E-state index contributed by atoms with van der Waals surface area (Å²) >= 11 is 0. The van der Waals surface area contributed by atoms with E-state index < -0.39 is 84.9 Å². The minimum Gasteiger partial charge on any atom is -0.432 e. The molecule has 0 bridgehead atoms. The monoisotopic (exact) mass is 666 g/mol. The van der Waals surface area contributed by atoms with Crippen LogP contribution in [-0.4, -0.2) is 110 Å². The predicted molar refractivity (Wildman–Crippen MR) is 169 cm³/mol. The highest BCUT2D eigenvalue weighted by atomic mass is 16.7.